The summed E-state index contributed by atoms with van der Waals surface area (Å²) in [5, 5.41) is 8.77. The molecule has 1 heterocycles. The summed E-state index contributed by atoms with van der Waals surface area (Å²) in [5.74, 6) is 0.453. The molecule has 1 amide bonds. The molecule has 0 spiro atoms. The predicted octanol–water partition coefficient (Wildman–Crippen LogP) is 4.91. The number of carbonyl (C=O) groups is 1. The molecule has 3 aromatic rings. The van der Waals surface area contributed by atoms with E-state index in [1.807, 2.05) is 36.6 Å². The average Bonchev–Trinajstić information content (AvgIpc) is 3.12. The number of thiocarbonyl (C=S) groups is 1. The highest BCUT2D eigenvalue weighted by molar-refractivity contribution is 7.80. The Kier molecular flexibility index (Phi) is 6.05. The molecule has 0 bridgehead atoms. The number of amides is 1. The number of nitrogens with zero attached hydrogens (tertiary/aromatic N) is 1. The highest BCUT2D eigenvalue weighted by Crippen LogP contribution is 2.26. The molecule has 0 saturated heterocycles. The molecular formula is C19H16ClN3O2S2. The first-order valence-corrected chi connectivity index (χ1v) is 9.61. The fraction of sp³-hybridized carbons (Fsp3) is 0.105. The summed E-state index contributed by atoms with van der Waals surface area (Å²) in [6.07, 6.45) is 0. The van der Waals surface area contributed by atoms with Crippen molar-refractivity contribution in [3.05, 3.63) is 64.0 Å². The molecule has 0 fully saturated rings. The summed E-state index contributed by atoms with van der Waals surface area (Å²) in [5.41, 5.74) is 3.12. The van der Waals surface area contributed by atoms with Gasteiger partial charge in [-0.1, -0.05) is 17.7 Å². The van der Waals surface area contributed by atoms with Crippen LogP contribution in [0.25, 0.3) is 11.3 Å². The van der Waals surface area contributed by atoms with Crippen LogP contribution in [-0.4, -0.2) is 23.1 Å². The van der Waals surface area contributed by atoms with Gasteiger partial charge in [-0.15, -0.1) is 11.3 Å². The lowest BCUT2D eigenvalue weighted by Gasteiger charge is -2.08. The zero-order valence-electron chi connectivity index (χ0n) is 14.6. The fourth-order valence-corrected chi connectivity index (χ4v) is 3.42. The van der Waals surface area contributed by atoms with E-state index >= 15 is 0 Å². The SMILES string of the molecule is COc1ccc(-c2csc(NC(=S)NC(=O)c3ccc(C)c(Cl)c3)n2)cc1. The summed E-state index contributed by atoms with van der Waals surface area (Å²) >= 11 is 12.7. The second-order valence-electron chi connectivity index (χ2n) is 5.64. The Morgan fingerprint density at radius 2 is 1.96 bits per heavy atom. The van der Waals surface area contributed by atoms with Crippen LogP contribution in [-0.2, 0) is 0 Å². The zero-order valence-corrected chi connectivity index (χ0v) is 17.0. The lowest BCUT2D eigenvalue weighted by molar-refractivity contribution is 0.0977. The van der Waals surface area contributed by atoms with Crippen molar-refractivity contribution in [3.8, 4) is 17.0 Å². The molecule has 8 heteroatoms. The van der Waals surface area contributed by atoms with Crippen LogP contribution in [0.2, 0.25) is 5.02 Å². The molecule has 0 aliphatic rings. The Morgan fingerprint density at radius 1 is 1.22 bits per heavy atom. The molecule has 1 aromatic heterocycles. The summed E-state index contributed by atoms with van der Waals surface area (Å²) < 4.78 is 5.15. The van der Waals surface area contributed by atoms with E-state index in [2.05, 4.69) is 15.6 Å². The lowest BCUT2D eigenvalue weighted by atomic mass is 10.1. The number of halogens is 1. The van der Waals surface area contributed by atoms with Crippen LogP contribution >= 0.6 is 35.2 Å². The van der Waals surface area contributed by atoms with E-state index in [1.165, 1.54) is 11.3 Å². The maximum absolute atomic E-state index is 12.3. The Morgan fingerprint density at radius 3 is 2.63 bits per heavy atom. The smallest absolute Gasteiger partial charge is 0.257 e. The van der Waals surface area contributed by atoms with Gasteiger partial charge in [0.15, 0.2) is 10.2 Å². The molecule has 0 atom stereocenters. The highest BCUT2D eigenvalue weighted by atomic mass is 35.5. The number of anilines is 1. The first kappa shape index (κ1) is 19.3. The Hall–Kier alpha value is -2.48. The second kappa shape index (κ2) is 8.47. The number of methoxy groups -OCH3 is 1. The second-order valence-corrected chi connectivity index (χ2v) is 7.31. The number of ether oxygens (including phenoxy) is 1. The summed E-state index contributed by atoms with van der Waals surface area (Å²) in [4.78, 5) is 16.8. The van der Waals surface area contributed by atoms with Crippen molar-refractivity contribution < 1.29 is 9.53 Å². The number of carbonyl (C=O) groups excluding carboxylic acids is 1. The summed E-state index contributed by atoms with van der Waals surface area (Å²) in [6, 6.07) is 12.7. The molecule has 27 heavy (non-hydrogen) atoms. The van der Waals surface area contributed by atoms with Crippen LogP contribution in [0.15, 0.2) is 47.8 Å². The Balaban J connectivity index is 1.63. The normalized spacial score (nSPS) is 10.3. The molecule has 0 saturated carbocycles. The first-order valence-electron chi connectivity index (χ1n) is 7.94. The van der Waals surface area contributed by atoms with E-state index in [4.69, 9.17) is 28.6 Å². The van der Waals surface area contributed by atoms with Crippen LogP contribution in [0.4, 0.5) is 5.13 Å². The molecule has 0 unspecified atom stereocenters. The number of benzene rings is 2. The summed E-state index contributed by atoms with van der Waals surface area (Å²) in [7, 11) is 1.62. The van der Waals surface area contributed by atoms with Gasteiger partial charge >= 0.3 is 0 Å². The van der Waals surface area contributed by atoms with Gasteiger partial charge in [-0.05, 0) is 61.1 Å². The van der Waals surface area contributed by atoms with Crippen LogP contribution in [0.1, 0.15) is 15.9 Å². The highest BCUT2D eigenvalue weighted by Gasteiger charge is 2.11. The molecule has 0 radical (unpaired) electrons. The van der Waals surface area contributed by atoms with Gasteiger partial charge < -0.3 is 10.1 Å². The van der Waals surface area contributed by atoms with Gasteiger partial charge in [0.05, 0.1) is 12.8 Å². The minimum Gasteiger partial charge on any atom is -0.497 e. The van der Waals surface area contributed by atoms with Crippen molar-refractivity contribution in [1.29, 1.82) is 0 Å². The van der Waals surface area contributed by atoms with E-state index in [0.717, 1.165) is 22.6 Å². The van der Waals surface area contributed by atoms with Gasteiger partial charge in [-0.2, -0.15) is 0 Å². The zero-order chi connectivity index (χ0) is 19.4. The lowest BCUT2D eigenvalue weighted by Crippen LogP contribution is -2.34. The van der Waals surface area contributed by atoms with Crippen molar-refractivity contribution >= 4 is 51.3 Å². The number of aryl methyl sites for hydroxylation is 1. The predicted molar refractivity (Wildman–Crippen MR) is 114 cm³/mol. The molecule has 0 aliphatic heterocycles. The van der Waals surface area contributed by atoms with Crippen molar-refractivity contribution in [3.63, 3.8) is 0 Å². The number of hydrogen-bond acceptors (Lipinski definition) is 5. The monoisotopic (exact) mass is 417 g/mol. The van der Waals surface area contributed by atoms with Gasteiger partial charge in [0, 0.05) is 21.5 Å². The van der Waals surface area contributed by atoms with Crippen LogP contribution in [0.5, 0.6) is 5.75 Å². The number of aromatic nitrogens is 1. The van der Waals surface area contributed by atoms with Gasteiger partial charge in [-0.3, -0.25) is 10.1 Å². The van der Waals surface area contributed by atoms with E-state index in [1.54, 1.807) is 25.3 Å². The van der Waals surface area contributed by atoms with E-state index in [0.29, 0.717) is 15.7 Å². The van der Waals surface area contributed by atoms with E-state index < -0.39 is 0 Å². The van der Waals surface area contributed by atoms with Crippen LogP contribution < -0.4 is 15.4 Å². The molecule has 2 aromatic carbocycles. The van der Waals surface area contributed by atoms with Crippen molar-refractivity contribution in [2.75, 3.05) is 12.4 Å². The number of rotatable bonds is 4. The average molecular weight is 418 g/mol. The number of thiazole rings is 1. The van der Waals surface area contributed by atoms with Gasteiger partial charge in [0.25, 0.3) is 5.91 Å². The third kappa shape index (κ3) is 4.82. The molecular weight excluding hydrogens is 402 g/mol. The number of hydrogen-bond donors (Lipinski definition) is 2. The molecule has 2 N–H and O–H groups in total. The molecule has 5 nitrogen and oxygen atoms in total. The van der Waals surface area contributed by atoms with Crippen molar-refractivity contribution in [1.82, 2.24) is 10.3 Å². The van der Waals surface area contributed by atoms with Gasteiger partial charge in [-0.25, -0.2) is 4.98 Å². The summed E-state index contributed by atoms with van der Waals surface area (Å²) in [6.45, 7) is 1.87. The Bertz CT molecular complexity index is 987. The van der Waals surface area contributed by atoms with E-state index in [-0.39, 0.29) is 11.0 Å². The molecule has 138 valence electrons. The van der Waals surface area contributed by atoms with Crippen molar-refractivity contribution in [2.45, 2.75) is 6.92 Å². The van der Waals surface area contributed by atoms with Crippen LogP contribution in [0, 0.1) is 6.92 Å². The minimum absolute atomic E-state index is 0.173. The number of nitrogens with one attached hydrogen (secondary N) is 2. The maximum atomic E-state index is 12.3. The maximum Gasteiger partial charge on any atom is 0.257 e. The largest absolute Gasteiger partial charge is 0.497 e. The quantitative estimate of drug-likeness (QED) is 0.590. The molecule has 3 rings (SSSR count). The fourth-order valence-electron chi connectivity index (χ4n) is 2.26. The van der Waals surface area contributed by atoms with Gasteiger partial charge in [0.2, 0.25) is 0 Å². The topological polar surface area (TPSA) is 63.2 Å². The third-order valence-corrected chi connectivity index (χ3v) is 5.14. The van der Waals surface area contributed by atoms with Crippen LogP contribution in [0.3, 0.4) is 0 Å². The Labute approximate surface area is 171 Å². The third-order valence-electron chi connectivity index (χ3n) is 3.77. The first-order chi connectivity index (χ1) is 13.0. The van der Waals surface area contributed by atoms with Crippen molar-refractivity contribution in [2.24, 2.45) is 0 Å². The van der Waals surface area contributed by atoms with E-state index in [9.17, 15) is 4.79 Å². The van der Waals surface area contributed by atoms with Gasteiger partial charge in [0.1, 0.15) is 5.75 Å². The minimum atomic E-state index is -0.332. The molecule has 0 aliphatic carbocycles. The standard InChI is InChI=1S/C19H16ClN3O2S2/c1-11-3-4-13(9-15(11)20)17(24)22-18(26)23-19-21-16(10-27-19)12-5-7-14(25-2)8-6-12/h3-10H,1-2H3,(H2,21,22,23,24,26).